The molecule has 0 spiro atoms. The standard InChI is InChI=1S/C18H25NO/c1-3-15-9-11-18(13-19,12-10-15)17(20)14(2)16-7-5-4-6-8-16/h4-8,14-15,17,20H,3,9-12H2,1-2H3. The van der Waals surface area contributed by atoms with Crippen molar-refractivity contribution in [1.82, 2.24) is 0 Å². The lowest BCUT2D eigenvalue weighted by Gasteiger charge is -2.40. The van der Waals surface area contributed by atoms with Crippen molar-refractivity contribution in [3.05, 3.63) is 35.9 Å². The lowest BCUT2D eigenvalue weighted by atomic mass is 9.64. The summed E-state index contributed by atoms with van der Waals surface area (Å²) in [6, 6.07) is 12.5. The van der Waals surface area contributed by atoms with Gasteiger partial charge in [-0.05, 0) is 37.2 Å². The molecule has 0 aromatic heterocycles. The van der Waals surface area contributed by atoms with Crippen molar-refractivity contribution in [3.8, 4) is 6.07 Å². The molecule has 0 radical (unpaired) electrons. The van der Waals surface area contributed by atoms with Gasteiger partial charge in [0.2, 0.25) is 0 Å². The van der Waals surface area contributed by atoms with E-state index in [1.165, 1.54) is 6.42 Å². The van der Waals surface area contributed by atoms with Crippen LogP contribution in [0, 0.1) is 22.7 Å². The highest BCUT2D eigenvalue weighted by atomic mass is 16.3. The number of nitrogens with zero attached hydrogens (tertiary/aromatic N) is 1. The minimum Gasteiger partial charge on any atom is -0.391 e. The highest BCUT2D eigenvalue weighted by molar-refractivity contribution is 5.22. The first-order valence-electron chi connectivity index (χ1n) is 7.77. The van der Waals surface area contributed by atoms with Crippen LogP contribution in [0.15, 0.2) is 30.3 Å². The normalized spacial score (nSPS) is 29.4. The maximum Gasteiger partial charge on any atom is 0.0838 e. The lowest BCUT2D eigenvalue weighted by molar-refractivity contribution is 0.0101. The first-order valence-corrected chi connectivity index (χ1v) is 7.77. The fraction of sp³-hybridized carbons (Fsp3) is 0.611. The summed E-state index contributed by atoms with van der Waals surface area (Å²) in [6.45, 7) is 4.25. The van der Waals surface area contributed by atoms with Crippen molar-refractivity contribution in [3.63, 3.8) is 0 Å². The van der Waals surface area contributed by atoms with Gasteiger partial charge in [0.1, 0.15) is 0 Å². The molecule has 2 unspecified atom stereocenters. The van der Waals surface area contributed by atoms with Gasteiger partial charge in [-0.2, -0.15) is 5.26 Å². The van der Waals surface area contributed by atoms with E-state index in [4.69, 9.17) is 0 Å². The Morgan fingerprint density at radius 3 is 2.40 bits per heavy atom. The van der Waals surface area contributed by atoms with Gasteiger partial charge in [0.25, 0.3) is 0 Å². The van der Waals surface area contributed by atoms with Crippen molar-refractivity contribution in [2.45, 2.75) is 58.0 Å². The monoisotopic (exact) mass is 271 g/mol. The van der Waals surface area contributed by atoms with Crippen LogP contribution in [0.1, 0.15) is 57.4 Å². The smallest absolute Gasteiger partial charge is 0.0838 e. The van der Waals surface area contributed by atoms with Crippen molar-refractivity contribution >= 4 is 0 Å². The largest absolute Gasteiger partial charge is 0.391 e. The van der Waals surface area contributed by atoms with E-state index in [2.05, 4.69) is 13.0 Å². The SMILES string of the molecule is CCC1CCC(C#N)(C(O)C(C)c2ccccc2)CC1. The highest BCUT2D eigenvalue weighted by Gasteiger charge is 2.43. The molecule has 2 atom stereocenters. The Morgan fingerprint density at radius 2 is 1.90 bits per heavy atom. The van der Waals surface area contributed by atoms with Crippen LogP contribution in [0.3, 0.4) is 0 Å². The molecule has 1 aromatic rings. The molecular formula is C18H25NO. The summed E-state index contributed by atoms with van der Waals surface area (Å²) in [7, 11) is 0. The molecule has 1 aliphatic carbocycles. The molecule has 1 N–H and O–H groups in total. The van der Waals surface area contributed by atoms with E-state index in [1.54, 1.807) is 0 Å². The molecule has 1 saturated carbocycles. The van der Waals surface area contributed by atoms with Gasteiger partial charge in [-0.3, -0.25) is 0 Å². The summed E-state index contributed by atoms with van der Waals surface area (Å²) in [5, 5.41) is 20.4. The molecule has 1 aliphatic rings. The molecule has 1 fully saturated rings. The molecule has 0 amide bonds. The van der Waals surface area contributed by atoms with E-state index in [0.29, 0.717) is 0 Å². The van der Waals surface area contributed by atoms with E-state index in [0.717, 1.165) is 37.2 Å². The number of aliphatic hydroxyl groups is 1. The Labute approximate surface area is 122 Å². The zero-order valence-corrected chi connectivity index (χ0v) is 12.5. The Bertz CT molecular complexity index is 454. The second kappa shape index (κ2) is 6.41. The van der Waals surface area contributed by atoms with E-state index in [1.807, 2.05) is 37.3 Å². The first-order chi connectivity index (χ1) is 9.63. The molecule has 20 heavy (non-hydrogen) atoms. The molecule has 1 aromatic carbocycles. The molecule has 2 rings (SSSR count). The van der Waals surface area contributed by atoms with Crippen LogP contribution >= 0.6 is 0 Å². The van der Waals surface area contributed by atoms with Gasteiger partial charge in [-0.25, -0.2) is 0 Å². The average molecular weight is 271 g/mol. The Balaban J connectivity index is 2.14. The zero-order chi connectivity index (χ0) is 14.6. The van der Waals surface area contributed by atoms with Gasteiger partial charge < -0.3 is 5.11 Å². The first kappa shape index (κ1) is 15.1. The summed E-state index contributed by atoms with van der Waals surface area (Å²) in [5.74, 6) is 0.740. The number of hydrogen-bond donors (Lipinski definition) is 1. The molecule has 2 nitrogen and oxygen atoms in total. The fourth-order valence-electron chi connectivity index (χ4n) is 3.49. The quantitative estimate of drug-likeness (QED) is 0.889. The van der Waals surface area contributed by atoms with Crippen molar-refractivity contribution in [2.24, 2.45) is 11.3 Å². The third kappa shape index (κ3) is 2.88. The van der Waals surface area contributed by atoms with E-state index >= 15 is 0 Å². The Morgan fingerprint density at radius 1 is 1.30 bits per heavy atom. The zero-order valence-electron chi connectivity index (χ0n) is 12.5. The van der Waals surface area contributed by atoms with Gasteiger partial charge in [-0.1, -0.05) is 50.6 Å². The predicted octanol–water partition coefficient (Wildman–Crippen LogP) is 4.26. The van der Waals surface area contributed by atoms with Crippen molar-refractivity contribution in [1.29, 1.82) is 5.26 Å². The molecule has 0 saturated heterocycles. The minimum atomic E-state index is -0.576. The Kier molecular flexibility index (Phi) is 4.83. The lowest BCUT2D eigenvalue weighted by Crippen LogP contribution is -2.40. The molecule has 0 heterocycles. The maximum absolute atomic E-state index is 10.8. The topological polar surface area (TPSA) is 44.0 Å². The summed E-state index contributed by atoms with van der Waals surface area (Å²) in [5.41, 5.74) is 0.563. The van der Waals surface area contributed by atoms with Gasteiger partial charge >= 0.3 is 0 Å². The van der Waals surface area contributed by atoms with E-state index in [-0.39, 0.29) is 5.92 Å². The van der Waals surface area contributed by atoms with E-state index in [9.17, 15) is 10.4 Å². The Hall–Kier alpha value is -1.33. The second-order valence-corrected chi connectivity index (χ2v) is 6.26. The van der Waals surface area contributed by atoms with Crippen LogP contribution < -0.4 is 0 Å². The third-order valence-electron chi connectivity index (χ3n) is 5.16. The van der Waals surface area contributed by atoms with Crippen LogP contribution in [-0.2, 0) is 0 Å². The van der Waals surface area contributed by atoms with Crippen LogP contribution in [0.4, 0.5) is 0 Å². The summed E-state index contributed by atoms with van der Waals surface area (Å²) in [4.78, 5) is 0. The van der Waals surface area contributed by atoms with Crippen molar-refractivity contribution < 1.29 is 5.11 Å². The van der Waals surface area contributed by atoms with Crippen LogP contribution in [0.2, 0.25) is 0 Å². The molecule has 108 valence electrons. The maximum atomic E-state index is 10.8. The molecule has 0 bridgehead atoms. The molecule has 0 aliphatic heterocycles. The summed E-state index contributed by atoms with van der Waals surface area (Å²) < 4.78 is 0. The van der Waals surface area contributed by atoms with Gasteiger partial charge in [0.05, 0.1) is 17.6 Å². The number of rotatable bonds is 4. The molecular weight excluding hydrogens is 246 g/mol. The van der Waals surface area contributed by atoms with Crippen molar-refractivity contribution in [2.75, 3.05) is 0 Å². The average Bonchev–Trinajstić information content (AvgIpc) is 2.54. The predicted molar refractivity (Wildman–Crippen MR) is 81.2 cm³/mol. The van der Waals surface area contributed by atoms with Crippen LogP contribution in [-0.4, -0.2) is 11.2 Å². The number of hydrogen-bond acceptors (Lipinski definition) is 2. The molecule has 2 heteroatoms. The minimum absolute atomic E-state index is 0.00836. The summed E-state index contributed by atoms with van der Waals surface area (Å²) >= 11 is 0. The van der Waals surface area contributed by atoms with Gasteiger partial charge in [0.15, 0.2) is 0 Å². The third-order valence-corrected chi connectivity index (χ3v) is 5.16. The van der Waals surface area contributed by atoms with Gasteiger partial charge in [-0.15, -0.1) is 0 Å². The second-order valence-electron chi connectivity index (χ2n) is 6.26. The number of benzene rings is 1. The number of nitriles is 1. The highest BCUT2D eigenvalue weighted by Crippen LogP contribution is 2.45. The van der Waals surface area contributed by atoms with E-state index < -0.39 is 11.5 Å². The van der Waals surface area contributed by atoms with Crippen LogP contribution in [0.5, 0.6) is 0 Å². The number of aliphatic hydroxyl groups excluding tert-OH is 1. The summed E-state index contributed by atoms with van der Waals surface area (Å²) in [6.07, 6.45) is 4.42. The van der Waals surface area contributed by atoms with Crippen LogP contribution in [0.25, 0.3) is 0 Å². The van der Waals surface area contributed by atoms with Gasteiger partial charge in [0, 0.05) is 5.92 Å². The fourth-order valence-corrected chi connectivity index (χ4v) is 3.49.